The first-order valence-electron chi connectivity index (χ1n) is 0. The van der Waals surface area contributed by atoms with Gasteiger partial charge in [0.05, 0.1) is 0 Å². The Hall–Kier alpha value is 0.448. The summed E-state index contributed by atoms with van der Waals surface area (Å²) in [5.41, 5.74) is 0. The molecule has 0 aliphatic carbocycles. The van der Waals surface area contributed by atoms with Crippen LogP contribution >= 0.6 is 0 Å². The minimum Gasteiger partial charge on any atom is -0.457 e. The first-order chi connectivity index (χ1) is 0. The van der Waals surface area contributed by atoms with E-state index in [1.54, 1.807) is 0 Å². The minimum atomic E-state index is 0. The standard InChI is InChI=1S/Mo.6H2O/h;6*1H2/q+3;;;;;;/p+6. The molecular formula is H18MoO6+9. The Labute approximate surface area is 54.6 Å². The van der Waals surface area contributed by atoms with E-state index < -0.39 is 0 Å². The van der Waals surface area contributed by atoms with Gasteiger partial charge in [0.15, 0.2) is 0 Å². The molecule has 0 aliphatic rings. The van der Waals surface area contributed by atoms with Crippen LogP contribution in [-0.4, -0.2) is 0 Å². The second-order valence-electron chi connectivity index (χ2n) is 0. The van der Waals surface area contributed by atoms with Crippen LogP contribution in [0.1, 0.15) is 0 Å². The van der Waals surface area contributed by atoms with Crippen LogP contribution in [0.4, 0.5) is 0 Å². The van der Waals surface area contributed by atoms with E-state index in [0.717, 1.165) is 0 Å². The van der Waals surface area contributed by atoms with Crippen LogP contribution < -0.4 is 0 Å². The van der Waals surface area contributed by atoms with Gasteiger partial charge in [0.1, 0.15) is 0 Å². The zero-order valence-corrected chi connectivity index (χ0v) is 5.88. The van der Waals surface area contributed by atoms with Gasteiger partial charge in [-0.25, -0.2) is 0 Å². The van der Waals surface area contributed by atoms with Gasteiger partial charge in [0.2, 0.25) is 0 Å². The average molecular weight is 210 g/mol. The summed E-state index contributed by atoms with van der Waals surface area (Å²) in [7, 11) is 0. The Morgan fingerprint density at radius 3 is 0.286 bits per heavy atom. The molecule has 6 nitrogen and oxygen atoms in total. The zero-order chi connectivity index (χ0) is 0. The third-order valence-electron chi connectivity index (χ3n) is 0. The van der Waals surface area contributed by atoms with E-state index in [4.69, 9.17) is 0 Å². The summed E-state index contributed by atoms with van der Waals surface area (Å²) in [6, 6.07) is 0. The molecule has 7 heavy (non-hydrogen) atoms. The van der Waals surface area contributed by atoms with Gasteiger partial charge >= 0.3 is 21.1 Å². The van der Waals surface area contributed by atoms with Crippen molar-refractivity contribution >= 4 is 0 Å². The molecule has 51 valence electrons. The number of hydrogen-bond donors (Lipinski definition) is 0. The number of rotatable bonds is 0. The molecule has 0 aromatic rings. The van der Waals surface area contributed by atoms with Gasteiger partial charge in [0, 0.05) is 0 Å². The van der Waals surface area contributed by atoms with E-state index in [-0.39, 0.29) is 53.9 Å². The monoisotopic (exact) mass is 212 g/mol. The number of hydrogen-bond acceptors (Lipinski definition) is 0. The fourth-order valence-electron chi connectivity index (χ4n) is 0. The predicted octanol–water partition coefficient (Wildman–Crippen LogP) is -5.53. The van der Waals surface area contributed by atoms with Crippen molar-refractivity contribution in [2.75, 3.05) is 0 Å². The zero-order valence-electron chi connectivity index (χ0n) is 3.87. The van der Waals surface area contributed by atoms with Crippen molar-refractivity contribution in [2.45, 2.75) is 0 Å². The molecule has 0 spiro atoms. The van der Waals surface area contributed by atoms with Crippen LogP contribution in [-0.2, 0) is 53.9 Å². The molecule has 0 aromatic carbocycles. The van der Waals surface area contributed by atoms with Crippen LogP contribution in [0.15, 0.2) is 0 Å². The quantitative estimate of drug-likeness (QED) is 0.271. The Balaban J connectivity index is 0. The summed E-state index contributed by atoms with van der Waals surface area (Å²) in [5, 5.41) is 0. The fourth-order valence-corrected chi connectivity index (χ4v) is 0. The molecule has 0 aromatic heterocycles. The Bertz CT molecular complexity index is 4.14. The molecule has 0 amide bonds. The SMILES string of the molecule is [Mo+3].[OH3+].[OH3+].[OH3+].[OH3+].[OH3+].[OH3+]. The smallest absolute Gasteiger partial charge is 0.457 e. The van der Waals surface area contributed by atoms with Crippen LogP contribution in [0, 0.1) is 0 Å². The summed E-state index contributed by atoms with van der Waals surface area (Å²) >= 11 is 0. The summed E-state index contributed by atoms with van der Waals surface area (Å²) in [6.07, 6.45) is 0. The Morgan fingerprint density at radius 2 is 0.286 bits per heavy atom. The van der Waals surface area contributed by atoms with E-state index in [2.05, 4.69) is 0 Å². The summed E-state index contributed by atoms with van der Waals surface area (Å²) in [6.45, 7) is 0. The second kappa shape index (κ2) is 952. The molecular weight excluding hydrogens is 192 g/mol. The van der Waals surface area contributed by atoms with E-state index >= 15 is 0 Å². The van der Waals surface area contributed by atoms with E-state index in [9.17, 15) is 0 Å². The molecule has 0 unspecified atom stereocenters. The summed E-state index contributed by atoms with van der Waals surface area (Å²) in [4.78, 5) is 0. The topological polar surface area (TPSA) is 198 Å². The first kappa shape index (κ1) is 1540. The van der Waals surface area contributed by atoms with Crippen molar-refractivity contribution in [1.82, 2.24) is 0 Å². The molecule has 0 heterocycles. The molecule has 1 radical (unpaired) electrons. The van der Waals surface area contributed by atoms with Gasteiger partial charge in [0.25, 0.3) is 0 Å². The van der Waals surface area contributed by atoms with E-state index in [0.29, 0.717) is 0 Å². The molecule has 0 atom stereocenters. The van der Waals surface area contributed by atoms with Crippen molar-refractivity contribution in [1.29, 1.82) is 0 Å². The van der Waals surface area contributed by atoms with Crippen molar-refractivity contribution in [3.8, 4) is 0 Å². The molecule has 0 aliphatic heterocycles. The van der Waals surface area contributed by atoms with Crippen LogP contribution in [0.3, 0.4) is 0 Å². The van der Waals surface area contributed by atoms with Gasteiger partial charge < -0.3 is 32.9 Å². The predicted molar refractivity (Wildman–Crippen MR) is 29.2 cm³/mol. The van der Waals surface area contributed by atoms with Crippen LogP contribution in [0.5, 0.6) is 0 Å². The molecule has 0 fully saturated rings. The van der Waals surface area contributed by atoms with Crippen molar-refractivity contribution < 1.29 is 53.9 Å². The maximum atomic E-state index is 0. The Kier molecular flexibility index (Phi) is 210000. The fraction of sp³-hybridized carbons (Fsp3) is 0. The van der Waals surface area contributed by atoms with Crippen LogP contribution in [0.25, 0.3) is 0 Å². The van der Waals surface area contributed by atoms with Gasteiger partial charge in [-0.2, -0.15) is 0 Å². The second-order valence-corrected chi connectivity index (χ2v) is 0. The average Bonchev–Trinajstić information content (AvgIpc) is 0. The molecule has 7 heteroatoms. The van der Waals surface area contributed by atoms with Crippen LogP contribution in [0.2, 0.25) is 0 Å². The minimum absolute atomic E-state index is 0. The van der Waals surface area contributed by atoms with Crippen molar-refractivity contribution in [3.63, 3.8) is 0 Å². The van der Waals surface area contributed by atoms with Crippen molar-refractivity contribution in [2.24, 2.45) is 0 Å². The molecule has 0 saturated carbocycles. The normalized spacial score (nSPS) is 0. The van der Waals surface area contributed by atoms with E-state index in [1.165, 1.54) is 0 Å². The van der Waals surface area contributed by atoms with E-state index in [1.807, 2.05) is 0 Å². The van der Waals surface area contributed by atoms with Gasteiger partial charge in [-0.3, -0.25) is 0 Å². The summed E-state index contributed by atoms with van der Waals surface area (Å²) in [5.74, 6) is 0. The Morgan fingerprint density at radius 1 is 0.286 bits per heavy atom. The van der Waals surface area contributed by atoms with Gasteiger partial charge in [-0.05, 0) is 0 Å². The van der Waals surface area contributed by atoms with Crippen molar-refractivity contribution in [3.05, 3.63) is 0 Å². The molecule has 0 bridgehead atoms. The molecule has 0 saturated heterocycles. The van der Waals surface area contributed by atoms with Gasteiger partial charge in [-0.1, -0.05) is 0 Å². The molecule has 18 N–H and O–H groups in total. The maximum Gasteiger partial charge on any atom is 3.00 e. The maximum absolute atomic E-state index is 0. The first-order valence-corrected chi connectivity index (χ1v) is 0. The third-order valence-corrected chi connectivity index (χ3v) is 0. The van der Waals surface area contributed by atoms with Gasteiger partial charge in [-0.15, -0.1) is 0 Å². The third kappa shape index (κ3) is 635. The molecule has 0 rings (SSSR count). The summed E-state index contributed by atoms with van der Waals surface area (Å²) < 4.78 is 0. The largest absolute Gasteiger partial charge is 3.00 e.